The van der Waals surface area contributed by atoms with Crippen molar-refractivity contribution >= 4 is 11.6 Å². The van der Waals surface area contributed by atoms with Crippen LogP contribution >= 0.6 is 0 Å². The average molecular weight is 336 g/mol. The van der Waals surface area contributed by atoms with E-state index < -0.39 is 0 Å². The Labute approximate surface area is 146 Å². The van der Waals surface area contributed by atoms with Crippen molar-refractivity contribution in [3.8, 4) is 5.75 Å². The van der Waals surface area contributed by atoms with Gasteiger partial charge < -0.3 is 14.2 Å². The highest BCUT2D eigenvalue weighted by atomic mass is 16.5. The first-order valence-electron chi connectivity index (χ1n) is 8.04. The van der Waals surface area contributed by atoms with Crippen molar-refractivity contribution in [1.29, 1.82) is 0 Å². The zero-order valence-electron chi connectivity index (χ0n) is 14.5. The van der Waals surface area contributed by atoms with E-state index in [9.17, 15) is 4.79 Å². The van der Waals surface area contributed by atoms with Gasteiger partial charge in [-0.25, -0.2) is 0 Å². The summed E-state index contributed by atoms with van der Waals surface area (Å²) in [6, 6.07) is 16.7. The minimum Gasteiger partial charge on any atom is -0.489 e. The molecular formula is C20H20N2O3. The Morgan fingerprint density at radius 3 is 2.56 bits per heavy atom. The van der Waals surface area contributed by atoms with E-state index in [1.165, 1.54) is 0 Å². The minimum absolute atomic E-state index is 0.0889. The quantitative estimate of drug-likeness (QED) is 0.702. The van der Waals surface area contributed by atoms with Crippen LogP contribution in [0.25, 0.3) is 0 Å². The number of aromatic nitrogens is 1. The van der Waals surface area contributed by atoms with Crippen LogP contribution in [0.2, 0.25) is 0 Å². The number of carbonyl (C=O) groups is 1. The number of para-hydroxylation sites is 1. The predicted molar refractivity (Wildman–Crippen MR) is 95.9 cm³/mol. The largest absolute Gasteiger partial charge is 0.489 e. The van der Waals surface area contributed by atoms with Gasteiger partial charge in [-0.05, 0) is 44.2 Å². The smallest absolute Gasteiger partial charge is 0.258 e. The topological polar surface area (TPSA) is 55.6 Å². The standard InChI is InChI=1S/C20H20N2O3/c1-14-19(15(2)25-21-14)13-24-18-11-7-8-16(12-18)20(23)22(3)17-9-5-4-6-10-17/h4-12H,13H2,1-3H3. The number of rotatable bonds is 5. The van der Waals surface area contributed by atoms with E-state index in [2.05, 4.69) is 5.16 Å². The van der Waals surface area contributed by atoms with Gasteiger partial charge in [0.15, 0.2) is 0 Å². The number of benzene rings is 2. The van der Waals surface area contributed by atoms with Crippen molar-refractivity contribution in [2.45, 2.75) is 20.5 Å². The van der Waals surface area contributed by atoms with Gasteiger partial charge in [0.05, 0.1) is 11.3 Å². The lowest BCUT2D eigenvalue weighted by atomic mass is 10.1. The van der Waals surface area contributed by atoms with Crippen molar-refractivity contribution in [3.05, 3.63) is 77.2 Å². The van der Waals surface area contributed by atoms with Gasteiger partial charge in [-0.3, -0.25) is 4.79 Å². The highest BCUT2D eigenvalue weighted by molar-refractivity contribution is 6.05. The Hall–Kier alpha value is -3.08. The van der Waals surface area contributed by atoms with Crippen molar-refractivity contribution in [1.82, 2.24) is 5.16 Å². The average Bonchev–Trinajstić information content (AvgIpc) is 2.97. The molecule has 5 heteroatoms. The summed E-state index contributed by atoms with van der Waals surface area (Å²) < 4.78 is 11.0. The molecule has 1 amide bonds. The first-order valence-corrected chi connectivity index (χ1v) is 8.04. The fourth-order valence-electron chi connectivity index (χ4n) is 2.54. The Morgan fingerprint density at radius 1 is 1.12 bits per heavy atom. The molecule has 0 aliphatic heterocycles. The highest BCUT2D eigenvalue weighted by Gasteiger charge is 2.14. The number of anilines is 1. The van der Waals surface area contributed by atoms with Crippen LogP contribution < -0.4 is 9.64 Å². The normalized spacial score (nSPS) is 10.5. The van der Waals surface area contributed by atoms with Crippen molar-refractivity contribution in [2.24, 2.45) is 0 Å². The van der Waals surface area contributed by atoms with Gasteiger partial charge in [0.2, 0.25) is 0 Å². The molecule has 0 saturated heterocycles. The summed E-state index contributed by atoms with van der Waals surface area (Å²) in [7, 11) is 1.76. The SMILES string of the molecule is Cc1noc(C)c1COc1cccc(C(=O)N(C)c2ccccc2)c1. The van der Waals surface area contributed by atoms with Crippen LogP contribution in [0.3, 0.4) is 0 Å². The zero-order valence-corrected chi connectivity index (χ0v) is 14.5. The summed E-state index contributed by atoms with van der Waals surface area (Å²) in [5.41, 5.74) is 3.16. The summed E-state index contributed by atoms with van der Waals surface area (Å²) in [5, 5.41) is 3.92. The molecule has 128 valence electrons. The second-order valence-corrected chi connectivity index (χ2v) is 5.82. The van der Waals surface area contributed by atoms with E-state index in [1.807, 2.05) is 56.3 Å². The van der Waals surface area contributed by atoms with Crippen molar-refractivity contribution in [2.75, 3.05) is 11.9 Å². The molecule has 2 aromatic carbocycles. The lowest BCUT2D eigenvalue weighted by Crippen LogP contribution is -2.26. The number of hydrogen-bond acceptors (Lipinski definition) is 4. The first kappa shape index (κ1) is 16.8. The van der Waals surface area contributed by atoms with Crippen LogP contribution in [0, 0.1) is 13.8 Å². The number of amides is 1. The van der Waals surface area contributed by atoms with E-state index in [0.29, 0.717) is 17.9 Å². The maximum Gasteiger partial charge on any atom is 0.258 e. The van der Waals surface area contributed by atoms with Crippen LogP contribution in [0.5, 0.6) is 5.75 Å². The van der Waals surface area contributed by atoms with Crippen LogP contribution in [-0.4, -0.2) is 18.1 Å². The summed E-state index contributed by atoms with van der Waals surface area (Å²) >= 11 is 0. The van der Waals surface area contributed by atoms with Gasteiger partial charge >= 0.3 is 0 Å². The van der Waals surface area contributed by atoms with Gasteiger partial charge in [-0.2, -0.15) is 0 Å². The van der Waals surface area contributed by atoms with Gasteiger partial charge in [-0.15, -0.1) is 0 Å². The molecular weight excluding hydrogens is 316 g/mol. The molecule has 0 aliphatic carbocycles. The van der Waals surface area contributed by atoms with E-state index in [4.69, 9.17) is 9.26 Å². The zero-order chi connectivity index (χ0) is 17.8. The van der Waals surface area contributed by atoms with Gasteiger partial charge in [0.25, 0.3) is 5.91 Å². The molecule has 0 fully saturated rings. The Bertz CT molecular complexity index is 852. The lowest BCUT2D eigenvalue weighted by Gasteiger charge is -2.17. The maximum absolute atomic E-state index is 12.7. The van der Waals surface area contributed by atoms with E-state index in [-0.39, 0.29) is 5.91 Å². The van der Waals surface area contributed by atoms with Gasteiger partial charge in [0, 0.05) is 18.3 Å². The second kappa shape index (κ2) is 7.21. The summed E-state index contributed by atoms with van der Waals surface area (Å²) in [6.45, 7) is 4.09. The monoisotopic (exact) mass is 336 g/mol. The van der Waals surface area contributed by atoms with Crippen molar-refractivity contribution in [3.63, 3.8) is 0 Å². The third-order valence-electron chi connectivity index (χ3n) is 4.09. The highest BCUT2D eigenvalue weighted by Crippen LogP contribution is 2.21. The maximum atomic E-state index is 12.7. The third kappa shape index (κ3) is 3.71. The molecule has 1 aromatic heterocycles. The van der Waals surface area contributed by atoms with Crippen LogP contribution in [0.15, 0.2) is 59.1 Å². The van der Waals surface area contributed by atoms with Crippen molar-refractivity contribution < 1.29 is 14.1 Å². The minimum atomic E-state index is -0.0889. The van der Waals surface area contributed by atoms with Gasteiger partial charge in [0.1, 0.15) is 18.1 Å². The molecule has 1 heterocycles. The number of nitrogens with zero attached hydrogens (tertiary/aromatic N) is 2. The summed E-state index contributed by atoms with van der Waals surface area (Å²) in [5.74, 6) is 1.29. The summed E-state index contributed by atoms with van der Waals surface area (Å²) in [4.78, 5) is 14.3. The van der Waals surface area contributed by atoms with E-state index >= 15 is 0 Å². The third-order valence-corrected chi connectivity index (χ3v) is 4.09. The molecule has 0 radical (unpaired) electrons. The molecule has 0 unspecified atom stereocenters. The van der Waals surface area contributed by atoms with Gasteiger partial charge in [-0.1, -0.05) is 29.4 Å². The molecule has 0 aliphatic rings. The van der Waals surface area contributed by atoms with Crippen LogP contribution in [0.4, 0.5) is 5.69 Å². The van der Waals surface area contributed by atoms with Crippen LogP contribution in [-0.2, 0) is 6.61 Å². The molecule has 3 aromatic rings. The fraction of sp³-hybridized carbons (Fsp3) is 0.200. The Balaban J connectivity index is 1.74. The number of carbonyl (C=O) groups excluding carboxylic acids is 1. The molecule has 5 nitrogen and oxygen atoms in total. The molecule has 0 bridgehead atoms. The number of aryl methyl sites for hydroxylation is 2. The van der Waals surface area contributed by atoms with Crippen LogP contribution in [0.1, 0.15) is 27.4 Å². The van der Waals surface area contributed by atoms with E-state index in [0.717, 1.165) is 22.7 Å². The Morgan fingerprint density at radius 2 is 1.88 bits per heavy atom. The lowest BCUT2D eigenvalue weighted by molar-refractivity contribution is 0.0992. The van der Waals surface area contributed by atoms with E-state index in [1.54, 1.807) is 24.1 Å². The second-order valence-electron chi connectivity index (χ2n) is 5.82. The molecule has 0 saturated carbocycles. The predicted octanol–water partition coefficient (Wildman–Crippen LogP) is 4.15. The molecule has 0 N–H and O–H groups in total. The fourth-order valence-corrected chi connectivity index (χ4v) is 2.54. The Kier molecular flexibility index (Phi) is 4.84. The number of ether oxygens (including phenoxy) is 1. The molecule has 0 spiro atoms. The molecule has 0 atom stereocenters. The molecule has 3 rings (SSSR count). The number of hydrogen-bond donors (Lipinski definition) is 0. The first-order chi connectivity index (χ1) is 12.1. The molecule has 25 heavy (non-hydrogen) atoms. The summed E-state index contributed by atoms with van der Waals surface area (Å²) in [6.07, 6.45) is 0.